The average molecular weight is 261 g/mol. The Morgan fingerprint density at radius 2 is 2.00 bits per heavy atom. The van der Waals surface area contributed by atoms with Crippen LogP contribution in [0.4, 0.5) is 16.2 Å². The highest BCUT2D eigenvalue weighted by Gasteiger charge is 2.23. The molecular formula is C14H19N3O2. The summed E-state index contributed by atoms with van der Waals surface area (Å²) >= 11 is 0. The Bertz CT molecular complexity index is 495. The SMILES string of the molecule is CCC(=O)Nc1ccc(C)c(NC(=O)NC2CC2)c1. The number of carbonyl (C=O) groups excluding carboxylic acids is 2. The zero-order valence-corrected chi connectivity index (χ0v) is 11.2. The number of benzene rings is 1. The fourth-order valence-electron chi connectivity index (χ4n) is 1.66. The Morgan fingerprint density at radius 3 is 2.63 bits per heavy atom. The summed E-state index contributed by atoms with van der Waals surface area (Å²) in [7, 11) is 0. The first-order chi connectivity index (χ1) is 9.08. The molecule has 1 fully saturated rings. The number of rotatable bonds is 4. The van der Waals surface area contributed by atoms with Gasteiger partial charge >= 0.3 is 6.03 Å². The number of amides is 3. The van der Waals surface area contributed by atoms with E-state index in [0.717, 1.165) is 18.4 Å². The van der Waals surface area contributed by atoms with Crippen LogP contribution >= 0.6 is 0 Å². The van der Waals surface area contributed by atoms with E-state index in [0.29, 0.717) is 23.8 Å². The van der Waals surface area contributed by atoms with Gasteiger partial charge in [0.2, 0.25) is 5.91 Å². The second-order valence-electron chi connectivity index (χ2n) is 4.80. The van der Waals surface area contributed by atoms with Crippen LogP contribution in [-0.2, 0) is 4.79 Å². The largest absolute Gasteiger partial charge is 0.335 e. The molecule has 0 spiro atoms. The van der Waals surface area contributed by atoms with E-state index in [4.69, 9.17) is 0 Å². The lowest BCUT2D eigenvalue weighted by Gasteiger charge is -2.11. The van der Waals surface area contributed by atoms with Gasteiger partial charge in [-0.2, -0.15) is 0 Å². The topological polar surface area (TPSA) is 70.2 Å². The Hall–Kier alpha value is -2.04. The number of hydrogen-bond acceptors (Lipinski definition) is 2. The van der Waals surface area contributed by atoms with Crippen molar-refractivity contribution < 1.29 is 9.59 Å². The molecule has 2 rings (SSSR count). The highest BCUT2D eigenvalue weighted by atomic mass is 16.2. The van der Waals surface area contributed by atoms with Gasteiger partial charge in [0, 0.05) is 23.8 Å². The van der Waals surface area contributed by atoms with Crippen LogP contribution in [0.1, 0.15) is 31.7 Å². The van der Waals surface area contributed by atoms with Gasteiger partial charge in [0.1, 0.15) is 0 Å². The maximum atomic E-state index is 11.7. The normalized spacial score (nSPS) is 13.8. The molecule has 102 valence electrons. The zero-order chi connectivity index (χ0) is 13.8. The van der Waals surface area contributed by atoms with Crippen LogP contribution in [0.3, 0.4) is 0 Å². The van der Waals surface area contributed by atoms with Crippen LogP contribution in [0.15, 0.2) is 18.2 Å². The maximum absolute atomic E-state index is 11.7. The van der Waals surface area contributed by atoms with Crippen molar-refractivity contribution >= 4 is 23.3 Å². The molecule has 3 amide bonds. The molecule has 0 aliphatic heterocycles. The summed E-state index contributed by atoms with van der Waals surface area (Å²) < 4.78 is 0. The van der Waals surface area contributed by atoms with E-state index in [1.807, 2.05) is 19.1 Å². The second kappa shape index (κ2) is 5.73. The first-order valence-corrected chi connectivity index (χ1v) is 6.56. The number of anilines is 2. The van der Waals surface area contributed by atoms with Crippen LogP contribution in [0.25, 0.3) is 0 Å². The first-order valence-electron chi connectivity index (χ1n) is 6.56. The van der Waals surface area contributed by atoms with Gasteiger partial charge < -0.3 is 16.0 Å². The summed E-state index contributed by atoms with van der Waals surface area (Å²) in [6.45, 7) is 3.71. The van der Waals surface area contributed by atoms with Crippen molar-refractivity contribution in [2.75, 3.05) is 10.6 Å². The van der Waals surface area contributed by atoms with Crippen LogP contribution < -0.4 is 16.0 Å². The smallest absolute Gasteiger partial charge is 0.319 e. The van der Waals surface area contributed by atoms with Gasteiger partial charge in [0.05, 0.1) is 0 Å². The van der Waals surface area contributed by atoms with E-state index in [1.165, 1.54) is 0 Å². The third-order valence-corrected chi connectivity index (χ3v) is 3.00. The van der Waals surface area contributed by atoms with Crippen molar-refractivity contribution in [1.29, 1.82) is 0 Å². The molecule has 5 heteroatoms. The van der Waals surface area contributed by atoms with Crippen molar-refractivity contribution in [3.8, 4) is 0 Å². The number of hydrogen-bond donors (Lipinski definition) is 3. The van der Waals surface area contributed by atoms with Gasteiger partial charge in [-0.3, -0.25) is 4.79 Å². The minimum absolute atomic E-state index is 0.0442. The summed E-state index contributed by atoms with van der Waals surface area (Å²) in [6.07, 6.45) is 2.54. The van der Waals surface area contributed by atoms with E-state index >= 15 is 0 Å². The maximum Gasteiger partial charge on any atom is 0.319 e. The molecule has 1 saturated carbocycles. The Morgan fingerprint density at radius 1 is 1.26 bits per heavy atom. The minimum atomic E-state index is -0.190. The van der Waals surface area contributed by atoms with E-state index in [-0.39, 0.29) is 11.9 Å². The van der Waals surface area contributed by atoms with Gasteiger partial charge in [-0.25, -0.2) is 4.79 Å². The predicted molar refractivity (Wildman–Crippen MR) is 75.3 cm³/mol. The summed E-state index contributed by atoms with van der Waals surface area (Å²) in [6, 6.07) is 5.60. The second-order valence-corrected chi connectivity index (χ2v) is 4.80. The van der Waals surface area contributed by atoms with Gasteiger partial charge in [-0.15, -0.1) is 0 Å². The van der Waals surface area contributed by atoms with Crippen LogP contribution in [0.2, 0.25) is 0 Å². The lowest BCUT2D eigenvalue weighted by atomic mass is 10.2. The predicted octanol–water partition coefficient (Wildman–Crippen LogP) is 2.63. The van der Waals surface area contributed by atoms with Gasteiger partial charge in [-0.1, -0.05) is 13.0 Å². The molecule has 1 aliphatic rings. The van der Waals surface area contributed by atoms with Crippen molar-refractivity contribution in [1.82, 2.24) is 5.32 Å². The molecule has 0 radical (unpaired) electrons. The molecule has 0 bridgehead atoms. The van der Waals surface area contributed by atoms with Crippen LogP contribution in [0, 0.1) is 6.92 Å². The van der Waals surface area contributed by atoms with E-state index in [9.17, 15) is 9.59 Å². The average Bonchev–Trinajstić information content (AvgIpc) is 3.17. The summed E-state index contributed by atoms with van der Waals surface area (Å²) in [4.78, 5) is 23.0. The van der Waals surface area contributed by atoms with Gasteiger partial charge in [0.15, 0.2) is 0 Å². The number of urea groups is 1. The van der Waals surface area contributed by atoms with Crippen LogP contribution in [0.5, 0.6) is 0 Å². The minimum Gasteiger partial charge on any atom is -0.335 e. The number of aryl methyl sites for hydroxylation is 1. The van der Waals surface area contributed by atoms with E-state index in [1.54, 1.807) is 13.0 Å². The van der Waals surface area contributed by atoms with E-state index < -0.39 is 0 Å². The molecule has 0 aromatic heterocycles. The number of nitrogens with one attached hydrogen (secondary N) is 3. The van der Waals surface area contributed by atoms with E-state index in [2.05, 4.69) is 16.0 Å². The molecule has 3 N–H and O–H groups in total. The molecule has 0 saturated heterocycles. The molecule has 5 nitrogen and oxygen atoms in total. The van der Waals surface area contributed by atoms with Crippen molar-refractivity contribution in [2.24, 2.45) is 0 Å². The molecule has 1 aromatic carbocycles. The molecule has 0 heterocycles. The lowest BCUT2D eigenvalue weighted by Crippen LogP contribution is -2.30. The monoisotopic (exact) mass is 261 g/mol. The standard InChI is InChI=1S/C14H19N3O2/c1-3-13(18)15-11-5-4-9(2)12(8-11)17-14(19)16-10-6-7-10/h4-5,8,10H,3,6-7H2,1-2H3,(H,15,18)(H2,16,17,19). The molecule has 19 heavy (non-hydrogen) atoms. The summed E-state index contributed by atoms with van der Waals surface area (Å²) in [5.41, 5.74) is 2.37. The third kappa shape index (κ3) is 3.98. The Labute approximate surface area is 112 Å². The highest BCUT2D eigenvalue weighted by Crippen LogP contribution is 2.22. The van der Waals surface area contributed by atoms with Gasteiger partial charge in [0.25, 0.3) is 0 Å². The van der Waals surface area contributed by atoms with Crippen molar-refractivity contribution in [2.45, 2.75) is 39.2 Å². The molecule has 1 aromatic rings. The van der Waals surface area contributed by atoms with Gasteiger partial charge in [-0.05, 0) is 37.5 Å². The Kier molecular flexibility index (Phi) is 4.04. The van der Waals surface area contributed by atoms with Crippen molar-refractivity contribution in [3.63, 3.8) is 0 Å². The third-order valence-electron chi connectivity index (χ3n) is 3.00. The lowest BCUT2D eigenvalue weighted by molar-refractivity contribution is -0.115. The van der Waals surface area contributed by atoms with Crippen LogP contribution in [-0.4, -0.2) is 18.0 Å². The first kappa shape index (κ1) is 13.4. The molecule has 0 unspecified atom stereocenters. The number of carbonyl (C=O) groups is 2. The molecule has 1 aliphatic carbocycles. The highest BCUT2D eigenvalue weighted by molar-refractivity contribution is 5.94. The molecule has 0 atom stereocenters. The fourth-order valence-corrected chi connectivity index (χ4v) is 1.66. The fraction of sp³-hybridized carbons (Fsp3) is 0.429. The van der Waals surface area contributed by atoms with Crippen molar-refractivity contribution in [3.05, 3.63) is 23.8 Å². The Balaban J connectivity index is 2.03. The zero-order valence-electron chi connectivity index (χ0n) is 11.2. The summed E-state index contributed by atoms with van der Waals surface area (Å²) in [5, 5.41) is 8.45. The summed E-state index contributed by atoms with van der Waals surface area (Å²) in [5.74, 6) is -0.0442. The molecular weight excluding hydrogens is 242 g/mol. The quantitative estimate of drug-likeness (QED) is 0.779.